The van der Waals surface area contributed by atoms with Crippen molar-refractivity contribution in [3.05, 3.63) is 18.0 Å². The van der Waals surface area contributed by atoms with E-state index in [1.165, 1.54) is 37.8 Å². The van der Waals surface area contributed by atoms with E-state index < -0.39 is 0 Å². The van der Waals surface area contributed by atoms with Gasteiger partial charge in [0.05, 0.1) is 0 Å². The van der Waals surface area contributed by atoms with Gasteiger partial charge in [0.25, 0.3) is 0 Å². The topological polar surface area (TPSA) is 17.8 Å². The largest absolute Gasteiger partial charge is 0.269 e. The normalized spacial score (nSPS) is 20.4. The Morgan fingerprint density at radius 2 is 2.13 bits per heavy atom. The molecule has 0 aromatic carbocycles. The van der Waals surface area contributed by atoms with Gasteiger partial charge < -0.3 is 0 Å². The van der Waals surface area contributed by atoms with Crippen LogP contribution in [0.2, 0.25) is 0 Å². The molecule has 0 aliphatic heterocycles. The van der Waals surface area contributed by atoms with Gasteiger partial charge >= 0.3 is 0 Å². The number of hydrogen-bond acceptors (Lipinski definition) is 2. The SMILES string of the molecule is Cc1ccnn1CC1(CS)CCCCC1. The van der Waals surface area contributed by atoms with Crippen LogP contribution in [0, 0.1) is 12.3 Å². The predicted molar refractivity (Wildman–Crippen MR) is 66.3 cm³/mol. The van der Waals surface area contributed by atoms with Crippen molar-refractivity contribution in [3.8, 4) is 0 Å². The van der Waals surface area contributed by atoms with Gasteiger partial charge in [-0.15, -0.1) is 0 Å². The molecule has 1 aliphatic carbocycles. The smallest absolute Gasteiger partial charge is 0.0492 e. The summed E-state index contributed by atoms with van der Waals surface area (Å²) >= 11 is 4.55. The van der Waals surface area contributed by atoms with E-state index in [1.54, 1.807) is 0 Å². The van der Waals surface area contributed by atoms with E-state index in [2.05, 4.69) is 35.4 Å². The molecule has 0 bridgehead atoms. The fraction of sp³-hybridized carbons (Fsp3) is 0.750. The van der Waals surface area contributed by atoms with Gasteiger partial charge in [-0.05, 0) is 37.0 Å². The second-order valence-electron chi connectivity index (χ2n) is 4.85. The molecule has 1 heterocycles. The summed E-state index contributed by atoms with van der Waals surface area (Å²) in [5.41, 5.74) is 1.67. The maximum Gasteiger partial charge on any atom is 0.0492 e. The number of nitrogens with zero attached hydrogens (tertiary/aromatic N) is 2. The van der Waals surface area contributed by atoms with Crippen LogP contribution in [-0.2, 0) is 6.54 Å². The molecule has 0 unspecified atom stereocenters. The van der Waals surface area contributed by atoms with Crippen molar-refractivity contribution >= 4 is 12.6 Å². The maximum atomic E-state index is 4.55. The summed E-state index contributed by atoms with van der Waals surface area (Å²) in [4.78, 5) is 0. The van der Waals surface area contributed by atoms with E-state index in [1.807, 2.05) is 6.20 Å². The Bertz CT molecular complexity index is 313. The van der Waals surface area contributed by atoms with Crippen molar-refractivity contribution in [2.45, 2.75) is 45.6 Å². The molecule has 0 saturated heterocycles. The monoisotopic (exact) mass is 224 g/mol. The van der Waals surface area contributed by atoms with Gasteiger partial charge in [0.2, 0.25) is 0 Å². The van der Waals surface area contributed by atoms with Crippen molar-refractivity contribution < 1.29 is 0 Å². The number of rotatable bonds is 3. The highest BCUT2D eigenvalue weighted by Gasteiger charge is 2.31. The highest BCUT2D eigenvalue weighted by atomic mass is 32.1. The Labute approximate surface area is 97.5 Å². The van der Waals surface area contributed by atoms with E-state index in [0.29, 0.717) is 5.41 Å². The fourth-order valence-corrected chi connectivity index (χ4v) is 2.97. The second-order valence-corrected chi connectivity index (χ2v) is 5.17. The molecule has 1 saturated carbocycles. The van der Waals surface area contributed by atoms with E-state index in [9.17, 15) is 0 Å². The average molecular weight is 224 g/mol. The highest BCUT2D eigenvalue weighted by molar-refractivity contribution is 7.80. The summed E-state index contributed by atoms with van der Waals surface area (Å²) < 4.78 is 2.14. The van der Waals surface area contributed by atoms with Gasteiger partial charge in [0, 0.05) is 18.4 Å². The van der Waals surface area contributed by atoms with Crippen LogP contribution in [0.3, 0.4) is 0 Å². The summed E-state index contributed by atoms with van der Waals surface area (Å²) in [6.07, 6.45) is 8.64. The number of thiol groups is 1. The molecule has 0 radical (unpaired) electrons. The van der Waals surface area contributed by atoms with Crippen molar-refractivity contribution in [1.29, 1.82) is 0 Å². The van der Waals surface area contributed by atoms with Gasteiger partial charge in [-0.3, -0.25) is 4.68 Å². The Morgan fingerprint density at radius 3 is 2.67 bits per heavy atom. The Kier molecular flexibility index (Phi) is 3.39. The van der Waals surface area contributed by atoms with Crippen LogP contribution in [0.5, 0.6) is 0 Å². The molecular formula is C12H20N2S. The lowest BCUT2D eigenvalue weighted by atomic mass is 9.75. The molecule has 0 N–H and O–H groups in total. The number of aryl methyl sites for hydroxylation is 1. The lowest BCUT2D eigenvalue weighted by Crippen LogP contribution is -2.32. The van der Waals surface area contributed by atoms with E-state index >= 15 is 0 Å². The summed E-state index contributed by atoms with van der Waals surface area (Å²) in [6, 6.07) is 2.08. The van der Waals surface area contributed by atoms with Gasteiger partial charge in [0.1, 0.15) is 0 Å². The lowest BCUT2D eigenvalue weighted by Gasteiger charge is -2.36. The molecule has 1 aromatic heterocycles. The minimum Gasteiger partial charge on any atom is -0.269 e. The van der Waals surface area contributed by atoms with Gasteiger partial charge in [0.15, 0.2) is 0 Å². The molecule has 84 valence electrons. The second kappa shape index (κ2) is 4.60. The minimum atomic E-state index is 0.401. The van der Waals surface area contributed by atoms with Crippen molar-refractivity contribution in [1.82, 2.24) is 9.78 Å². The molecule has 1 fully saturated rings. The number of aromatic nitrogens is 2. The molecule has 1 aliphatic rings. The standard InChI is InChI=1S/C12H20N2S/c1-11-5-8-13-14(11)9-12(10-15)6-3-2-4-7-12/h5,8,15H,2-4,6-7,9-10H2,1H3. The molecule has 0 atom stereocenters. The van der Waals surface area contributed by atoms with E-state index in [0.717, 1.165) is 12.3 Å². The molecule has 0 spiro atoms. The third-order valence-corrected chi connectivity index (χ3v) is 4.33. The third-order valence-electron chi connectivity index (χ3n) is 3.66. The van der Waals surface area contributed by atoms with Gasteiger partial charge in [-0.2, -0.15) is 17.7 Å². The Balaban J connectivity index is 2.10. The van der Waals surface area contributed by atoms with Crippen LogP contribution in [0.4, 0.5) is 0 Å². The zero-order valence-electron chi connectivity index (χ0n) is 9.45. The van der Waals surface area contributed by atoms with Crippen LogP contribution < -0.4 is 0 Å². The van der Waals surface area contributed by atoms with Gasteiger partial charge in [-0.25, -0.2) is 0 Å². The van der Waals surface area contributed by atoms with Crippen LogP contribution in [0.25, 0.3) is 0 Å². The predicted octanol–water partition coefficient (Wildman–Crippen LogP) is 3.07. The first-order chi connectivity index (χ1) is 7.26. The summed E-state index contributed by atoms with van der Waals surface area (Å²) in [7, 11) is 0. The van der Waals surface area contributed by atoms with E-state index in [4.69, 9.17) is 0 Å². The van der Waals surface area contributed by atoms with Crippen molar-refractivity contribution in [3.63, 3.8) is 0 Å². The zero-order valence-corrected chi connectivity index (χ0v) is 10.3. The molecular weight excluding hydrogens is 204 g/mol. The zero-order chi connectivity index (χ0) is 10.7. The lowest BCUT2D eigenvalue weighted by molar-refractivity contribution is 0.181. The Hall–Kier alpha value is -0.440. The molecule has 3 heteroatoms. The summed E-state index contributed by atoms with van der Waals surface area (Å²) in [5.74, 6) is 0.992. The third kappa shape index (κ3) is 2.39. The molecule has 15 heavy (non-hydrogen) atoms. The summed E-state index contributed by atoms with van der Waals surface area (Å²) in [5, 5.41) is 4.39. The maximum absolute atomic E-state index is 4.55. The minimum absolute atomic E-state index is 0.401. The first kappa shape index (κ1) is 11.1. The average Bonchev–Trinajstić information content (AvgIpc) is 2.66. The molecule has 2 rings (SSSR count). The molecule has 0 amide bonds. The number of hydrogen-bond donors (Lipinski definition) is 1. The van der Waals surface area contributed by atoms with Crippen molar-refractivity contribution in [2.75, 3.05) is 5.75 Å². The van der Waals surface area contributed by atoms with Crippen LogP contribution in [-0.4, -0.2) is 15.5 Å². The van der Waals surface area contributed by atoms with Gasteiger partial charge in [-0.1, -0.05) is 19.3 Å². The highest BCUT2D eigenvalue weighted by Crippen LogP contribution is 2.38. The summed E-state index contributed by atoms with van der Waals surface area (Å²) in [6.45, 7) is 3.18. The van der Waals surface area contributed by atoms with Crippen LogP contribution in [0.1, 0.15) is 37.8 Å². The van der Waals surface area contributed by atoms with Crippen molar-refractivity contribution in [2.24, 2.45) is 5.41 Å². The first-order valence-electron chi connectivity index (χ1n) is 5.85. The quantitative estimate of drug-likeness (QED) is 0.781. The Morgan fingerprint density at radius 1 is 1.40 bits per heavy atom. The first-order valence-corrected chi connectivity index (χ1v) is 6.48. The van der Waals surface area contributed by atoms with Crippen LogP contribution in [0.15, 0.2) is 12.3 Å². The fourth-order valence-electron chi connectivity index (χ4n) is 2.55. The molecule has 2 nitrogen and oxygen atoms in total. The van der Waals surface area contributed by atoms with E-state index in [-0.39, 0.29) is 0 Å². The van der Waals surface area contributed by atoms with Crippen LogP contribution >= 0.6 is 12.6 Å². The molecule has 1 aromatic rings.